The van der Waals surface area contributed by atoms with Gasteiger partial charge in [0.25, 0.3) is 0 Å². The van der Waals surface area contributed by atoms with Crippen molar-refractivity contribution in [1.82, 2.24) is 49.8 Å². The van der Waals surface area contributed by atoms with Gasteiger partial charge in [-0.05, 0) is 94.9 Å². The SMILES string of the molecule is c1ccc(-c2nc(-c3ccccc3)nc(-c3ccc(-c4c(-c5ccc(-c6ccncn6)cc5)ccc5c(-c6cccc(-c7nc(-c8ccccc8)nc(-c8ccc(-c9c(-c%10ccc(-c%11cncnc%11)cc%10)ccc%10ccccc9%10)cc8)n7)c6)cccc45)cc3)n2)cc1. The topological polar surface area (TPSA) is 129 Å². The number of hydrogen-bond donors (Lipinski definition) is 0. The van der Waals surface area contributed by atoms with Crippen LogP contribution in [0.25, 0.3) is 168 Å². The van der Waals surface area contributed by atoms with Gasteiger partial charge in [0.1, 0.15) is 12.7 Å². The molecule has 0 spiro atoms. The smallest absolute Gasteiger partial charge is 0.164 e. The van der Waals surface area contributed by atoms with E-state index in [4.69, 9.17) is 29.9 Å². The minimum Gasteiger partial charge on any atom is -0.245 e. The maximum atomic E-state index is 5.29. The molecular weight excluding hydrogens is 1120 g/mol. The number of fused-ring (bicyclic) bond motifs is 2. The fourth-order valence-corrected chi connectivity index (χ4v) is 12.2. The fourth-order valence-electron chi connectivity index (χ4n) is 12.2. The second-order valence-corrected chi connectivity index (χ2v) is 22.4. The summed E-state index contributed by atoms with van der Waals surface area (Å²) in [6, 6.07) is 99.3. The van der Waals surface area contributed by atoms with Gasteiger partial charge >= 0.3 is 0 Å². The molecule has 0 fully saturated rings. The van der Waals surface area contributed by atoms with Gasteiger partial charge in [-0.2, -0.15) is 0 Å². The highest BCUT2D eigenvalue weighted by Gasteiger charge is 2.20. The third kappa shape index (κ3) is 10.8. The predicted octanol–water partition coefficient (Wildman–Crippen LogP) is 19.6. The minimum atomic E-state index is 0.570. The molecule has 430 valence electrons. The van der Waals surface area contributed by atoms with E-state index in [0.29, 0.717) is 34.9 Å². The summed E-state index contributed by atoms with van der Waals surface area (Å²) in [6.07, 6.45) is 8.59. The van der Waals surface area contributed by atoms with E-state index in [2.05, 4.69) is 208 Å². The summed E-state index contributed by atoms with van der Waals surface area (Å²) in [7, 11) is 0. The first-order valence-electron chi connectivity index (χ1n) is 30.4. The van der Waals surface area contributed by atoms with Gasteiger partial charge in [0, 0.05) is 63.1 Å². The van der Waals surface area contributed by atoms with Gasteiger partial charge in [-0.15, -0.1) is 0 Å². The molecule has 0 radical (unpaired) electrons. The van der Waals surface area contributed by atoms with Crippen LogP contribution in [-0.2, 0) is 0 Å². The summed E-state index contributed by atoms with van der Waals surface area (Å²) < 4.78 is 0. The molecule has 0 amide bonds. The van der Waals surface area contributed by atoms with Crippen LogP contribution in [0.1, 0.15) is 0 Å². The molecule has 4 heterocycles. The van der Waals surface area contributed by atoms with Gasteiger partial charge in [-0.25, -0.2) is 49.8 Å². The summed E-state index contributed by atoms with van der Waals surface area (Å²) in [4.78, 5) is 47.9. The van der Waals surface area contributed by atoms with Crippen molar-refractivity contribution in [3.8, 4) is 146 Å². The highest BCUT2D eigenvalue weighted by Crippen LogP contribution is 2.44. The molecule has 4 aromatic heterocycles. The average molecular weight is 1180 g/mol. The van der Waals surface area contributed by atoms with Crippen molar-refractivity contribution in [3.05, 3.63) is 316 Å². The van der Waals surface area contributed by atoms with Crippen LogP contribution in [0.5, 0.6) is 0 Å². The normalized spacial score (nSPS) is 11.3. The van der Waals surface area contributed by atoms with E-state index >= 15 is 0 Å². The summed E-state index contributed by atoms with van der Waals surface area (Å²) in [5.74, 6) is 3.55. The van der Waals surface area contributed by atoms with Crippen molar-refractivity contribution >= 4 is 21.5 Å². The van der Waals surface area contributed by atoms with E-state index in [-0.39, 0.29) is 0 Å². The van der Waals surface area contributed by atoms with Crippen LogP contribution in [0.2, 0.25) is 0 Å². The van der Waals surface area contributed by atoms with Crippen molar-refractivity contribution in [2.24, 2.45) is 0 Å². The monoisotopic (exact) mass is 1180 g/mol. The molecular formula is C82H52N10. The van der Waals surface area contributed by atoms with Gasteiger partial charge in [0.15, 0.2) is 34.9 Å². The first-order chi connectivity index (χ1) is 45.6. The molecule has 0 aliphatic rings. The molecule has 16 rings (SSSR count). The summed E-state index contributed by atoms with van der Waals surface area (Å²) in [6.45, 7) is 0. The van der Waals surface area contributed by atoms with Crippen molar-refractivity contribution < 1.29 is 0 Å². The lowest BCUT2D eigenvalue weighted by Crippen LogP contribution is -2.00. The Hall–Kier alpha value is -12.7. The lowest BCUT2D eigenvalue weighted by molar-refractivity contribution is 1.07. The summed E-state index contributed by atoms with van der Waals surface area (Å²) in [5.41, 5.74) is 20.1. The third-order valence-corrected chi connectivity index (χ3v) is 16.8. The molecule has 16 aromatic rings. The van der Waals surface area contributed by atoms with Crippen LogP contribution in [-0.4, -0.2) is 49.8 Å². The maximum Gasteiger partial charge on any atom is 0.164 e. The van der Waals surface area contributed by atoms with Crippen LogP contribution < -0.4 is 0 Å². The Morgan fingerprint density at radius 3 is 1.16 bits per heavy atom. The van der Waals surface area contributed by atoms with Gasteiger partial charge in [0.2, 0.25) is 0 Å². The van der Waals surface area contributed by atoms with Gasteiger partial charge in [0.05, 0.1) is 5.69 Å². The van der Waals surface area contributed by atoms with Gasteiger partial charge < -0.3 is 0 Å². The van der Waals surface area contributed by atoms with Gasteiger partial charge in [-0.1, -0.05) is 273 Å². The van der Waals surface area contributed by atoms with Crippen molar-refractivity contribution in [3.63, 3.8) is 0 Å². The molecule has 0 unspecified atom stereocenters. The molecule has 0 bridgehead atoms. The summed E-state index contributed by atoms with van der Waals surface area (Å²) >= 11 is 0. The number of hydrogen-bond acceptors (Lipinski definition) is 10. The lowest BCUT2D eigenvalue weighted by Gasteiger charge is -2.17. The molecule has 0 N–H and O–H groups in total. The molecule has 0 aliphatic heterocycles. The van der Waals surface area contributed by atoms with Crippen LogP contribution >= 0.6 is 0 Å². The Labute approximate surface area is 531 Å². The highest BCUT2D eigenvalue weighted by molar-refractivity contribution is 6.10. The zero-order chi connectivity index (χ0) is 61.2. The second-order valence-electron chi connectivity index (χ2n) is 22.4. The zero-order valence-corrected chi connectivity index (χ0v) is 49.5. The van der Waals surface area contributed by atoms with E-state index < -0.39 is 0 Å². The van der Waals surface area contributed by atoms with E-state index in [1.807, 2.05) is 109 Å². The highest BCUT2D eigenvalue weighted by atomic mass is 15.0. The largest absolute Gasteiger partial charge is 0.245 e. The van der Waals surface area contributed by atoms with E-state index in [0.717, 1.165) is 122 Å². The molecule has 0 atom stereocenters. The zero-order valence-electron chi connectivity index (χ0n) is 49.5. The fraction of sp³-hybridized carbons (Fsp3) is 0. The van der Waals surface area contributed by atoms with Crippen molar-refractivity contribution in [2.45, 2.75) is 0 Å². The number of benzene rings is 12. The molecule has 0 aliphatic carbocycles. The first-order valence-corrected chi connectivity index (χ1v) is 30.4. The Bertz CT molecular complexity index is 5270. The Kier molecular flexibility index (Phi) is 14.4. The Morgan fingerprint density at radius 2 is 0.620 bits per heavy atom. The second kappa shape index (κ2) is 24.1. The summed E-state index contributed by atoms with van der Waals surface area (Å²) in [5, 5.41) is 4.53. The van der Waals surface area contributed by atoms with Crippen LogP contribution in [0, 0.1) is 0 Å². The minimum absolute atomic E-state index is 0.570. The van der Waals surface area contributed by atoms with E-state index in [1.165, 1.54) is 10.8 Å². The Morgan fingerprint density at radius 1 is 0.207 bits per heavy atom. The molecule has 0 saturated heterocycles. The van der Waals surface area contributed by atoms with Crippen molar-refractivity contribution in [2.75, 3.05) is 0 Å². The Balaban J connectivity index is 0.783. The van der Waals surface area contributed by atoms with Crippen LogP contribution in [0.3, 0.4) is 0 Å². The molecule has 10 nitrogen and oxygen atoms in total. The van der Waals surface area contributed by atoms with E-state index in [9.17, 15) is 0 Å². The van der Waals surface area contributed by atoms with Crippen LogP contribution in [0.4, 0.5) is 0 Å². The van der Waals surface area contributed by atoms with Crippen LogP contribution in [0.15, 0.2) is 316 Å². The standard InChI is InChI=1S/C82H52N10/c1-4-15-60(16-5-1)77-87-78(61-17-6-2-7-18-61)89-80(88-77)63-40-36-59(37-41-63)76-71(56-30-32-57(33-31-56)74-46-47-83-52-86-74)44-45-72-68(24-13-25-73(72)76)65-21-12-22-66(48-65)82-91-79(62-19-8-3-9-20-62)90-81(92-82)64-38-34-58(35-39-64)75-69-23-11-10-14-54(69)42-43-70(75)55-28-26-53(27-29-55)67-49-84-51-85-50-67/h1-52H. The molecule has 92 heavy (non-hydrogen) atoms. The predicted molar refractivity (Wildman–Crippen MR) is 370 cm³/mol. The number of rotatable bonds is 13. The van der Waals surface area contributed by atoms with Gasteiger partial charge in [-0.3, -0.25) is 0 Å². The number of aromatic nitrogens is 10. The lowest BCUT2D eigenvalue weighted by atomic mass is 9.86. The third-order valence-electron chi connectivity index (χ3n) is 16.8. The first kappa shape index (κ1) is 54.7. The molecule has 0 saturated carbocycles. The average Bonchev–Trinajstić information content (AvgIpc) is 0.826. The molecule has 12 aromatic carbocycles. The van der Waals surface area contributed by atoms with Crippen molar-refractivity contribution in [1.29, 1.82) is 0 Å². The maximum absolute atomic E-state index is 5.29. The number of nitrogens with zero attached hydrogens (tertiary/aromatic N) is 10. The van der Waals surface area contributed by atoms with E-state index in [1.54, 1.807) is 18.9 Å². The quantitative estimate of drug-likeness (QED) is 0.110. The molecule has 10 heteroatoms.